The van der Waals surface area contributed by atoms with Crippen molar-refractivity contribution in [3.8, 4) is 17.2 Å². The topological polar surface area (TPSA) is 60.0 Å². The SMILES string of the molecule is COc1cc(C(=O)NC2CC3CCC(C2)N3C)cc(OC)c1OC. The molecule has 6 nitrogen and oxygen atoms in total. The maximum absolute atomic E-state index is 12.7. The molecule has 0 spiro atoms. The normalized spacial score (nSPS) is 26.1. The molecule has 2 fully saturated rings. The number of ether oxygens (including phenoxy) is 3. The van der Waals surface area contributed by atoms with E-state index >= 15 is 0 Å². The van der Waals surface area contributed by atoms with E-state index in [9.17, 15) is 4.79 Å². The Morgan fingerprint density at radius 2 is 1.58 bits per heavy atom. The highest BCUT2D eigenvalue weighted by molar-refractivity contribution is 5.95. The lowest BCUT2D eigenvalue weighted by molar-refractivity contribution is 0.0881. The molecule has 0 aliphatic carbocycles. The zero-order valence-electron chi connectivity index (χ0n) is 14.8. The minimum atomic E-state index is -0.0943. The number of hydrogen-bond donors (Lipinski definition) is 1. The summed E-state index contributed by atoms with van der Waals surface area (Å²) < 4.78 is 16.0. The zero-order chi connectivity index (χ0) is 17.3. The van der Waals surface area contributed by atoms with Crippen molar-refractivity contribution in [3.05, 3.63) is 17.7 Å². The van der Waals surface area contributed by atoms with Crippen LogP contribution in [-0.4, -0.2) is 57.3 Å². The van der Waals surface area contributed by atoms with Gasteiger partial charge in [0, 0.05) is 23.7 Å². The number of carbonyl (C=O) groups is 1. The monoisotopic (exact) mass is 334 g/mol. The van der Waals surface area contributed by atoms with Gasteiger partial charge in [-0.3, -0.25) is 4.79 Å². The first-order valence-corrected chi connectivity index (χ1v) is 8.40. The fourth-order valence-electron chi connectivity index (χ4n) is 4.01. The average molecular weight is 334 g/mol. The number of amides is 1. The predicted molar refractivity (Wildman–Crippen MR) is 91.2 cm³/mol. The van der Waals surface area contributed by atoms with Crippen LogP contribution in [0.25, 0.3) is 0 Å². The van der Waals surface area contributed by atoms with E-state index in [0.717, 1.165) is 12.8 Å². The molecule has 2 aliphatic rings. The van der Waals surface area contributed by atoms with Crippen molar-refractivity contribution in [3.63, 3.8) is 0 Å². The van der Waals surface area contributed by atoms with Crippen LogP contribution in [0.3, 0.4) is 0 Å². The molecule has 1 N–H and O–H groups in total. The van der Waals surface area contributed by atoms with Gasteiger partial charge in [0.1, 0.15) is 0 Å². The fraction of sp³-hybridized carbons (Fsp3) is 0.611. The van der Waals surface area contributed by atoms with Gasteiger partial charge >= 0.3 is 0 Å². The van der Waals surface area contributed by atoms with Crippen LogP contribution in [0.15, 0.2) is 12.1 Å². The van der Waals surface area contributed by atoms with Crippen LogP contribution < -0.4 is 19.5 Å². The van der Waals surface area contributed by atoms with Gasteiger partial charge in [0.25, 0.3) is 5.91 Å². The molecule has 2 unspecified atom stereocenters. The van der Waals surface area contributed by atoms with Crippen LogP contribution in [0.5, 0.6) is 17.2 Å². The summed E-state index contributed by atoms with van der Waals surface area (Å²) in [5, 5.41) is 3.18. The molecule has 2 saturated heterocycles. The molecule has 0 radical (unpaired) electrons. The molecule has 132 valence electrons. The van der Waals surface area contributed by atoms with E-state index in [-0.39, 0.29) is 11.9 Å². The van der Waals surface area contributed by atoms with Crippen LogP contribution in [0.1, 0.15) is 36.0 Å². The van der Waals surface area contributed by atoms with Gasteiger partial charge in [-0.25, -0.2) is 0 Å². The van der Waals surface area contributed by atoms with E-state index in [0.29, 0.717) is 34.9 Å². The van der Waals surface area contributed by atoms with E-state index in [1.165, 1.54) is 12.8 Å². The van der Waals surface area contributed by atoms with Crippen LogP contribution in [0.4, 0.5) is 0 Å². The molecule has 2 aliphatic heterocycles. The van der Waals surface area contributed by atoms with E-state index in [4.69, 9.17) is 14.2 Å². The Hall–Kier alpha value is -1.95. The summed E-state index contributed by atoms with van der Waals surface area (Å²) in [6, 6.07) is 4.80. The minimum absolute atomic E-state index is 0.0943. The summed E-state index contributed by atoms with van der Waals surface area (Å²) in [6.07, 6.45) is 4.50. The van der Waals surface area contributed by atoms with Gasteiger partial charge in [0.15, 0.2) is 11.5 Å². The van der Waals surface area contributed by atoms with Crippen molar-refractivity contribution in [1.29, 1.82) is 0 Å². The second-order valence-corrected chi connectivity index (χ2v) is 6.61. The number of benzene rings is 1. The highest BCUT2D eigenvalue weighted by atomic mass is 16.5. The number of rotatable bonds is 5. The van der Waals surface area contributed by atoms with Crippen molar-refractivity contribution in [1.82, 2.24) is 10.2 Å². The number of nitrogens with one attached hydrogen (secondary N) is 1. The average Bonchev–Trinajstić information content (AvgIpc) is 2.81. The third kappa shape index (κ3) is 3.02. The summed E-state index contributed by atoms with van der Waals surface area (Å²) in [6.45, 7) is 0. The third-order valence-corrected chi connectivity index (χ3v) is 5.36. The lowest BCUT2D eigenvalue weighted by Crippen LogP contribution is -2.48. The molecule has 3 rings (SSSR count). The molecule has 1 aromatic rings. The van der Waals surface area contributed by atoms with Gasteiger partial charge in [0.05, 0.1) is 21.3 Å². The molecule has 2 bridgehead atoms. The Bertz CT molecular complexity index is 580. The number of piperidine rings is 1. The van der Waals surface area contributed by atoms with Gasteiger partial charge < -0.3 is 24.4 Å². The quantitative estimate of drug-likeness (QED) is 0.893. The standard InChI is InChI=1S/C18H26N2O4/c1-20-13-5-6-14(20)10-12(9-13)19-18(21)11-7-15(22-2)17(24-4)16(8-11)23-3/h7-8,12-14H,5-6,9-10H2,1-4H3,(H,19,21). The van der Waals surface area contributed by atoms with Crippen molar-refractivity contribution < 1.29 is 19.0 Å². The lowest BCUT2D eigenvalue weighted by atomic mass is 9.97. The van der Waals surface area contributed by atoms with Crippen molar-refractivity contribution in [2.45, 2.75) is 43.8 Å². The Kier molecular flexibility index (Phi) is 4.85. The summed E-state index contributed by atoms with van der Waals surface area (Å²) >= 11 is 0. The second kappa shape index (κ2) is 6.89. The molecule has 2 heterocycles. The largest absolute Gasteiger partial charge is 0.493 e. The molecule has 1 amide bonds. The Balaban J connectivity index is 1.75. The van der Waals surface area contributed by atoms with Gasteiger partial charge in [0.2, 0.25) is 5.75 Å². The van der Waals surface area contributed by atoms with Crippen molar-refractivity contribution in [2.24, 2.45) is 0 Å². The van der Waals surface area contributed by atoms with Crippen LogP contribution in [0, 0.1) is 0 Å². The number of methoxy groups -OCH3 is 3. The Morgan fingerprint density at radius 3 is 2.04 bits per heavy atom. The second-order valence-electron chi connectivity index (χ2n) is 6.61. The molecule has 6 heteroatoms. The first kappa shape index (κ1) is 16.9. The van der Waals surface area contributed by atoms with Crippen molar-refractivity contribution >= 4 is 5.91 Å². The smallest absolute Gasteiger partial charge is 0.251 e. The highest BCUT2D eigenvalue weighted by Crippen LogP contribution is 2.38. The van der Waals surface area contributed by atoms with Crippen LogP contribution in [-0.2, 0) is 0 Å². The van der Waals surface area contributed by atoms with E-state index < -0.39 is 0 Å². The molecule has 24 heavy (non-hydrogen) atoms. The molecule has 0 aromatic heterocycles. The molecule has 1 aromatic carbocycles. The maximum Gasteiger partial charge on any atom is 0.251 e. The molecule has 2 atom stereocenters. The van der Waals surface area contributed by atoms with Crippen LogP contribution in [0.2, 0.25) is 0 Å². The maximum atomic E-state index is 12.7. The fourth-order valence-corrected chi connectivity index (χ4v) is 4.01. The predicted octanol–water partition coefficient (Wildman–Crippen LogP) is 2.07. The van der Waals surface area contributed by atoms with Gasteiger partial charge in [-0.1, -0.05) is 0 Å². The highest BCUT2D eigenvalue weighted by Gasteiger charge is 2.38. The zero-order valence-corrected chi connectivity index (χ0v) is 14.8. The van der Waals surface area contributed by atoms with E-state index in [1.807, 2.05) is 0 Å². The summed E-state index contributed by atoms with van der Waals surface area (Å²) in [5.74, 6) is 1.38. The van der Waals surface area contributed by atoms with Gasteiger partial charge in [-0.2, -0.15) is 0 Å². The number of fused-ring (bicyclic) bond motifs is 2. The minimum Gasteiger partial charge on any atom is -0.493 e. The molecular weight excluding hydrogens is 308 g/mol. The van der Waals surface area contributed by atoms with Gasteiger partial charge in [-0.15, -0.1) is 0 Å². The lowest BCUT2D eigenvalue weighted by Gasteiger charge is -2.36. The van der Waals surface area contributed by atoms with E-state index in [2.05, 4.69) is 17.3 Å². The summed E-state index contributed by atoms with van der Waals surface area (Å²) in [5.41, 5.74) is 0.524. The Labute approximate surface area is 143 Å². The van der Waals surface area contributed by atoms with Gasteiger partial charge in [-0.05, 0) is 44.9 Å². The molecule has 0 saturated carbocycles. The van der Waals surface area contributed by atoms with Crippen molar-refractivity contribution in [2.75, 3.05) is 28.4 Å². The van der Waals surface area contributed by atoms with Crippen LogP contribution >= 0.6 is 0 Å². The third-order valence-electron chi connectivity index (χ3n) is 5.36. The van der Waals surface area contributed by atoms with E-state index in [1.54, 1.807) is 33.5 Å². The number of hydrogen-bond acceptors (Lipinski definition) is 5. The first-order chi connectivity index (χ1) is 11.6. The Morgan fingerprint density at radius 1 is 1.04 bits per heavy atom. The number of nitrogens with zero attached hydrogens (tertiary/aromatic N) is 1. The summed E-state index contributed by atoms with van der Waals surface area (Å²) in [7, 11) is 6.84. The first-order valence-electron chi connectivity index (χ1n) is 8.40. The molecular formula is C18H26N2O4. The number of carbonyl (C=O) groups excluding carboxylic acids is 1. The summed E-state index contributed by atoms with van der Waals surface area (Å²) in [4.78, 5) is 15.1.